The van der Waals surface area contributed by atoms with E-state index in [-0.39, 0.29) is 17.2 Å². The highest BCUT2D eigenvalue weighted by molar-refractivity contribution is 6.33. The fourth-order valence-electron chi connectivity index (χ4n) is 3.29. The zero-order valence-corrected chi connectivity index (χ0v) is 16.2. The first-order valence-corrected chi connectivity index (χ1v) is 9.57. The van der Waals surface area contributed by atoms with Crippen LogP contribution in [-0.2, 0) is 12.7 Å². The molecule has 150 valence electrons. The van der Waals surface area contributed by atoms with Gasteiger partial charge in [-0.05, 0) is 24.8 Å². The molecule has 4 aromatic heterocycles. The highest BCUT2D eigenvalue weighted by Gasteiger charge is 2.32. The Morgan fingerprint density at radius 2 is 1.90 bits per heavy atom. The average Bonchev–Trinajstić information content (AvgIpc) is 3.25. The van der Waals surface area contributed by atoms with Crippen LogP contribution in [0.15, 0.2) is 30.7 Å². The molecular weight excluding hydrogens is 428 g/mol. The van der Waals surface area contributed by atoms with Gasteiger partial charge in [0.25, 0.3) is 0 Å². The fourth-order valence-corrected chi connectivity index (χ4v) is 3.73. The zero-order valence-electron chi connectivity index (χ0n) is 14.7. The predicted octanol–water partition coefficient (Wildman–Crippen LogP) is 5.19. The van der Waals surface area contributed by atoms with Crippen molar-refractivity contribution in [2.24, 2.45) is 0 Å². The SMILES string of the molecule is FC(F)(F)c1cc(Cl)c2nc(CNc3cc(Cl)nc4c(C5CC5)cnn34)cn2c1. The molecule has 0 atom stereocenters. The molecule has 0 unspecified atom stereocenters. The topological polar surface area (TPSA) is 59.5 Å². The second-order valence-corrected chi connectivity index (χ2v) is 7.76. The van der Waals surface area contributed by atoms with Crippen LogP contribution in [0, 0.1) is 0 Å². The Morgan fingerprint density at radius 1 is 1.10 bits per heavy atom. The first-order valence-electron chi connectivity index (χ1n) is 8.82. The molecule has 1 saturated carbocycles. The van der Waals surface area contributed by atoms with Crippen molar-refractivity contribution in [1.29, 1.82) is 0 Å². The molecule has 5 rings (SSSR count). The van der Waals surface area contributed by atoms with Crippen molar-refractivity contribution in [3.8, 4) is 0 Å². The van der Waals surface area contributed by atoms with Gasteiger partial charge in [0.2, 0.25) is 0 Å². The number of rotatable bonds is 4. The van der Waals surface area contributed by atoms with Crippen molar-refractivity contribution < 1.29 is 13.2 Å². The van der Waals surface area contributed by atoms with Crippen molar-refractivity contribution in [1.82, 2.24) is 24.0 Å². The second kappa shape index (κ2) is 6.50. The number of hydrogen-bond acceptors (Lipinski definition) is 4. The molecule has 6 nitrogen and oxygen atoms in total. The van der Waals surface area contributed by atoms with Crippen molar-refractivity contribution >= 4 is 40.3 Å². The largest absolute Gasteiger partial charge is 0.417 e. The number of nitrogens with one attached hydrogen (secondary N) is 1. The molecule has 0 aromatic carbocycles. The van der Waals surface area contributed by atoms with Crippen molar-refractivity contribution in [3.63, 3.8) is 0 Å². The molecule has 1 N–H and O–H groups in total. The summed E-state index contributed by atoms with van der Waals surface area (Å²) in [7, 11) is 0. The molecule has 0 bridgehead atoms. The van der Waals surface area contributed by atoms with Crippen LogP contribution < -0.4 is 5.32 Å². The standard InChI is InChI=1S/C18H13Cl2F3N6/c19-13-3-10(18(21,22)23)7-28-8-11(26-17(13)28)5-24-15-4-14(20)27-16-12(9-1-2-9)6-25-29(15)16/h3-4,6-9,24H,1-2,5H2. The number of halogens is 5. The molecule has 0 aliphatic heterocycles. The van der Waals surface area contributed by atoms with E-state index in [2.05, 4.69) is 20.4 Å². The average molecular weight is 441 g/mol. The molecule has 11 heteroatoms. The highest BCUT2D eigenvalue weighted by atomic mass is 35.5. The maximum absolute atomic E-state index is 13.0. The van der Waals surface area contributed by atoms with Crippen LogP contribution in [0.25, 0.3) is 11.3 Å². The zero-order chi connectivity index (χ0) is 20.3. The van der Waals surface area contributed by atoms with E-state index in [0.29, 0.717) is 28.2 Å². The maximum Gasteiger partial charge on any atom is 0.417 e. The van der Waals surface area contributed by atoms with Gasteiger partial charge in [-0.3, -0.25) is 0 Å². The van der Waals surface area contributed by atoms with E-state index < -0.39 is 11.7 Å². The van der Waals surface area contributed by atoms with E-state index in [1.165, 1.54) is 10.6 Å². The molecule has 1 fully saturated rings. The van der Waals surface area contributed by atoms with Crippen LogP contribution in [0.4, 0.5) is 19.0 Å². The summed E-state index contributed by atoms with van der Waals surface area (Å²) in [4.78, 5) is 8.69. The van der Waals surface area contributed by atoms with Crippen LogP contribution in [0.5, 0.6) is 0 Å². The van der Waals surface area contributed by atoms with Gasteiger partial charge in [0, 0.05) is 24.0 Å². The van der Waals surface area contributed by atoms with E-state index in [4.69, 9.17) is 23.2 Å². The van der Waals surface area contributed by atoms with Gasteiger partial charge < -0.3 is 9.72 Å². The lowest BCUT2D eigenvalue weighted by Gasteiger charge is -2.08. The summed E-state index contributed by atoms with van der Waals surface area (Å²) in [5.74, 6) is 1.08. The lowest BCUT2D eigenvalue weighted by Crippen LogP contribution is -2.06. The number of aromatic nitrogens is 5. The number of alkyl halides is 3. The summed E-state index contributed by atoms with van der Waals surface area (Å²) in [6.07, 6.45) is 2.00. The number of imidazole rings is 1. The molecule has 0 spiro atoms. The Morgan fingerprint density at radius 3 is 2.62 bits per heavy atom. The summed E-state index contributed by atoms with van der Waals surface area (Å²) in [5.41, 5.74) is 1.70. The van der Waals surface area contributed by atoms with Gasteiger partial charge in [-0.25, -0.2) is 9.97 Å². The van der Waals surface area contributed by atoms with Gasteiger partial charge in [0.15, 0.2) is 11.3 Å². The number of hydrogen-bond donors (Lipinski definition) is 1. The monoisotopic (exact) mass is 440 g/mol. The molecule has 1 aliphatic carbocycles. The maximum atomic E-state index is 13.0. The second-order valence-electron chi connectivity index (χ2n) is 6.96. The van der Waals surface area contributed by atoms with E-state index in [1.807, 2.05) is 0 Å². The van der Waals surface area contributed by atoms with Gasteiger partial charge in [-0.2, -0.15) is 22.8 Å². The lowest BCUT2D eigenvalue weighted by atomic mass is 10.2. The lowest BCUT2D eigenvalue weighted by molar-refractivity contribution is -0.137. The Labute approximate surface area is 172 Å². The third kappa shape index (κ3) is 3.38. The van der Waals surface area contributed by atoms with Crippen molar-refractivity contribution in [2.75, 3.05) is 5.32 Å². The Hall–Kier alpha value is -2.52. The van der Waals surface area contributed by atoms with Crippen LogP contribution in [0.3, 0.4) is 0 Å². The van der Waals surface area contributed by atoms with Gasteiger partial charge in [-0.1, -0.05) is 23.2 Å². The van der Waals surface area contributed by atoms with E-state index >= 15 is 0 Å². The molecule has 29 heavy (non-hydrogen) atoms. The summed E-state index contributed by atoms with van der Waals surface area (Å²) in [6.45, 7) is 0.243. The van der Waals surface area contributed by atoms with E-state index in [9.17, 15) is 13.2 Å². The van der Waals surface area contributed by atoms with Crippen molar-refractivity contribution in [2.45, 2.75) is 31.5 Å². The van der Waals surface area contributed by atoms with Gasteiger partial charge in [0.05, 0.1) is 29.0 Å². The molecule has 1 aliphatic rings. The molecule has 0 saturated heterocycles. The number of nitrogens with zero attached hydrogens (tertiary/aromatic N) is 5. The van der Waals surface area contributed by atoms with Crippen LogP contribution in [0.2, 0.25) is 10.2 Å². The van der Waals surface area contributed by atoms with E-state index in [0.717, 1.165) is 30.7 Å². The number of fused-ring (bicyclic) bond motifs is 2. The van der Waals surface area contributed by atoms with Crippen LogP contribution >= 0.6 is 23.2 Å². The third-order valence-corrected chi connectivity index (χ3v) is 5.29. The minimum Gasteiger partial charge on any atom is -0.364 e. The molecule has 4 aromatic rings. The molecule has 0 amide bonds. The molecular formula is C18H13Cl2F3N6. The Kier molecular flexibility index (Phi) is 4.15. The highest BCUT2D eigenvalue weighted by Crippen LogP contribution is 2.42. The minimum atomic E-state index is -4.49. The van der Waals surface area contributed by atoms with Gasteiger partial charge in [0.1, 0.15) is 11.0 Å². The fraction of sp³-hybridized carbons (Fsp3) is 0.278. The smallest absolute Gasteiger partial charge is 0.364 e. The summed E-state index contributed by atoms with van der Waals surface area (Å²) < 4.78 is 41.9. The van der Waals surface area contributed by atoms with E-state index in [1.54, 1.807) is 16.8 Å². The first-order chi connectivity index (χ1) is 13.8. The van der Waals surface area contributed by atoms with Crippen LogP contribution in [-0.4, -0.2) is 24.0 Å². The molecule has 4 heterocycles. The van der Waals surface area contributed by atoms with Gasteiger partial charge in [-0.15, -0.1) is 0 Å². The molecule has 0 radical (unpaired) electrons. The quantitative estimate of drug-likeness (QED) is 0.443. The number of anilines is 1. The summed E-state index contributed by atoms with van der Waals surface area (Å²) >= 11 is 12.2. The van der Waals surface area contributed by atoms with Crippen LogP contribution in [0.1, 0.15) is 35.6 Å². The van der Waals surface area contributed by atoms with Gasteiger partial charge >= 0.3 is 6.18 Å². The normalized spacial score (nSPS) is 14.8. The third-order valence-electron chi connectivity index (χ3n) is 4.82. The Balaban J connectivity index is 1.45. The summed E-state index contributed by atoms with van der Waals surface area (Å²) in [6, 6.07) is 2.51. The number of pyridine rings is 1. The first kappa shape index (κ1) is 18.5. The predicted molar refractivity (Wildman–Crippen MR) is 103 cm³/mol. The summed E-state index contributed by atoms with van der Waals surface area (Å²) in [5, 5.41) is 7.83. The Bertz CT molecular complexity index is 1240. The van der Waals surface area contributed by atoms with Crippen molar-refractivity contribution in [3.05, 3.63) is 57.7 Å². The minimum absolute atomic E-state index is 0.0680.